The molecule has 1 aromatic rings. The Morgan fingerprint density at radius 3 is 2.53 bits per heavy atom. The zero-order chi connectivity index (χ0) is 12.1. The molecule has 0 aromatic carbocycles. The molecule has 2 rings (SSSR count). The van der Waals surface area contributed by atoms with Crippen LogP contribution in [-0.2, 0) is 13.1 Å². The molecule has 0 bridgehead atoms. The molecule has 0 unspecified atom stereocenters. The van der Waals surface area contributed by atoms with E-state index in [1.807, 2.05) is 6.20 Å². The van der Waals surface area contributed by atoms with Crippen LogP contribution in [0.4, 0.5) is 0 Å². The summed E-state index contributed by atoms with van der Waals surface area (Å²) in [5, 5.41) is 0. The molecule has 0 atom stereocenters. The summed E-state index contributed by atoms with van der Waals surface area (Å²) >= 11 is 0. The molecule has 0 radical (unpaired) electrons. The zero-order valence-corrected chi connectivity index (χ0v) is 11.2. The molecule has 96 valence electrons. The van der Waals surface area contributed by atoms with Crippen molar-refractivity contribution in [3.8, 4) is 0 Å². The molecule has 1 aliphatic rings. The van der Waals surface area contributed by atoms with Crippen molar-refractivity contribution in [1.82, 2.24) is 14.5 Å². The second kappa shape index (κ2) is 6.20. The average molecular weight is 235 g/mol. The maximum Gasteiger partial charge on any atom is 0.122 e. The number of imidazole rings is 1. The molecule has 0 aliphatic carbocycles. The maximum absolute atomic E-state index is 4.52. The second-order valence-corrected chi connectivity index (χ2v) is 5.37. The third kappa shape index (κ3) is 3.56. The van der Waals surface area contributed by atoms with Crippen molar-refractivity contribution in [3.05, 3.63) is 18.2 Å². The van der Waals surface area contributed by atoms with Gasteiger partial charge in [-0.25, -0.2) is 4.98 Å². The van der Waals surface area contributed by atoms with E-state index in [2.05, 4.69) is 34.5 Å². The third-order valence-corrected chi connectivity index (χ3v) is 3.72. The van der Waals surface area contributed by atoms with Crippen LogP contribution >= 0.6 is 0 Å². The predicted octanol–water partition coefficient (Wildman–Crippen LogP) is 3.06. The van der Waals surface area contributed by atoms with E-state index in [9.17, 15) is 0 Å². The van der Waals surface area contributed by atoms with Gasteiger partial charge in [0.25, 0.3) is 0 Å². The van der Waals surface area contributed by atoms with Crippen molar-refractivity contribution in [1.29, 1.82) is 0 Å². The number of nitrogens with zero attached hydrogens (tertiary/aromatic N) is 3. The smallest absolute Gasteiger partial charge is 0.122 e. The van der Waals surface area contributed by atoms with Crippen LogP contribution in [-0.4, -0.2) is 27.0 Å². The Morgan fingerprint density at radius 2 is 1.76 bits per heavy atom. The molecule has 0 spiro atoms. The average Bonchev–Trinajstić information content (AvgIpc) is 2.71. The first kappa shape index (κ1) is 12.6. The first-order valence-electron chi connectivity index (χ1n) is 7.01. The van der Waals surface area contributed by atoms with E-state index in [0.29, 0.717) is 6.04 Å². The van der Waals surface area contributed by atoms with Gasteiger partial charge in [0.05, 0.1) is 6.54 Å². The van der Waals surface area contributed by atoms with Crippen LogP contribution < -0.4 is 0 Å². The molecule has 0 saturated carbocycles. The summed E-state index contributed by atoms with van der Waals surface area (Å²) < 4.78 is 2.33. The van der Waals surface area contributed by atoms with Crippen molar-refractivity contribution >= 4 is 0 Å². The molecule has 3 heteroatoms. The number of hydrogen-bond donors (Lipinski definition) is 0. The molecular weight excluding hydrogens is 210 g/mol. The predicted molar refractivity (Wildman–Crippen MR) is 70.9 cm³/mol. The fourth-order valence-electron chi connectivity index (χ4n) is 2.52. The minimum atomic E-state index is 0.612. The van der Waals surface area contributed by atoms with Gasteiger partial charge in [-0.15, -0.1) is 0 Å². The van der Waals surface area contributed by atoms with Crippen molar-refractivity contribution in [3.63, 3.8) is 0 Å². The Kier molecular flexibility index (Phi) is 4.60. The Hall–Kier alpha value is -0.830. The topological polar surface area (TPSA) is 21.1 Å². The first-order chi connectivity index (χ1) is 8.27. The van der Waals surface area contributed by atoms with E-state index < -0.39 is 0 Å². The summed E-state index contributed by atoms with van der Waals surface area (Å²) in [5.41, 5.74) is 0. The number of fused-ring (bicyclic) bond motifs is 1. The largest absolute Gasteiger partial charge is 0.334 e. The van der Waals surface area contributed by atoms with Crippen LogP contribution in [0.5, 0.6) is 0 Å². The van der Waals surface area contributed by atoms with Gasteiger partial charge in [-0.1, -0.05) is 19.3 Å². The van der Waals surface area contributed by atoms with Gasteiger partial charge in [-0.3, -0.25) is 4.90 Å². The summed E-state index contributed by atoms with van der Waals surface area (Å²) in [6.45, 7) is 7.93. The van der Waals surface area contributed by atoms with E-state index in [1.54, 1.807) is 0 Å². The molecule has 0 fully saturated rings. The molecule has 1 aliphatic heterocycles. The lowest BCUT2D eigenvalue weighted by Crippen LogP contribution is -2.32. The number of hydrogen-bond acceptors (Lipinski definition) is 2. The van der Waals surface area contributed by atoms with Crippen LogP contribution in [0.15, 0.2) is 12.4 Å². The van der Waals surface area contributed by atoms with E-state index in [0.717, 1.165) is 13.1 Å². The van der Waals surface area contributed by atoms with Gasteiger partial charge in [-0.05, 0) is 33.2 Å². The van der Waals surface area contributed by atoms with Gasteiger partial charge in [0, 0.05) is 25.0 Å². The summed E-state index contributed by atoms with van der Waals surface area (Å²) in [7, 11) is 0. The fraction of sp³-hybridized carbons (Fsp3) is 0.786. The van der Waals surface area contributed by atoms with Gasteiger partial charge in [0.15, 0.2) is 0 Å². The number of rotatable bonds is 1. The van der Waals surface area contributed by atoms with E-state index in [-0.39, 0.29) is 0 Å². The van der Waals surface area contributed by atoms with E-state index >= 15 is 0 Å². The Labute approximate surface area is 105 Å². The Bertz CT molecular complexity index is 330. The third-order valence-electron chi connectivity index (χ3n) is 3.72. The van der Waals surface area contributed by atoms with Gasteiger partial charge in [0.1, 0.15) is 5.82 Å². The molecule has 0 N–H and O–H groups in total. The molecule has 2 heterocycles. The molecule has 1 aromatic heterocycles. The van der Waals surface area contributed by atoms with E-state index in [1.165, 1.54) is 44.5 Å². The fourth-order valence-corrected chi connectivity index (χ4v) is 2.52. The minimum Gasteiger partial charge on any atom is -0.334 e. The van der Waals surface area contributed by atoms with Crippen molar-refractivity contribution in [2.45, 2.75) is 65.1 Å². The quantitative estimate of drug-likeness (QED) is 0.746. The van der Waals surface area contributed by atoms with E-state index in [4.69, 9.17) is 0 Å². The summed E-state index contributed by atoms with van der Waals surface area (Å²) in [6, 6.07) is 0.612. The van der Waals surface area contributed by atoms with Gasteiger partial charge < -0.3 is 4.57 Å². The van der Waals surface area contributed by atoms with Crippen LogP contribution in [0.1, 0.15) is 51.8 Å². The van der Waals surface area contributed by atoms with Crippen molar-refractivity contribution in [2.24, 2.45) is 0 Å². The monoisotopic (exact) mass is 235 g/mol. The lowest BCUT2D eigenvalue weighted by atomic mass is 10.1. The number of aromatic nitrogens is 2. The summed E-state index contributed by atoms with van der Waals surface area (Å²) in [4.78, 5) is 7.06. The van der Waals surface area contributed by atoms with Crippen LogP contribution in [0.3, 0.4) is 0 Å². The molecular formula is C14H25N3. The lowest BCUT2D eigenvalue weighted by molar-refractivity contribution is 0.201. The zero-order valence-electron chi connectivity index (χ0n) is 11.2. The van der Waals surface area contributed by atoms with Gasteiger partial charge in [0.2, 0.25) is 0 Å². The van der Waals surface area contributed by atoms with Gasteiger partial charge >= 0.3 is 0 Å². The summed E-state index contributed by atoms with van der Waals surface area (Å²) in [6.07, 6.45) is 10.8. The highest BCUT2D eigenvalue weighted by Gasteiger charge is 2.13. The van der Waals surface area contributed by atoms with Crippen molar-refractivity contribution in [2.75, 3.05) is 6.54 Å². The SMILES string of the molecule is CC(C)N1CCCCCCCn2ccnc2C1. The molecule has 17 heavy (non-hydrogen) atoms. The molecule has 3 nitrogen and oxygen atoms in total. The maximum atomic E-state index is 4.52. The Balaban J connectivity index is 2.09. The van der Waals surface area contributed by atoms with Crippen LogP contribution in [0, 0.1) is 0 Å². The van der Waals surface area contributed by atoms with Crippen molar-refractivity contribution < 1.29 is 0 Å². The van der Waals surface area contributed by atoms with Crippen LogP contribution in [0.2, 0.25) is 0 Å². The first-order valence-corrected chi connectivity index (χ1v) is 7.01. The summed E-state index contributed by atoms with van der Waals surface area (Å²) in [5.74, 6) is 1.24. The van der Waals surface area contributed by atoms with Gasteiger partial charge in [-0.2, -0.15) is 0 Å². The van der Waals surface area contributed by atoms with Crippen LogP contribution in [0.25, 0.3) is 0 Å². The minimum absolute atomic E-state index is 0.612. The highest BCUT2D eigenvalue weighted by Crippen LogP contribution is 2.13. The lowest BCUT2D eigenvalue weighted by Gasteiger charge is -2.26. The standard InChI is InChI=1S/C14H25N3/c1-13(2)17-10-7-5-3-4-6-9-16-11-8-15-14(16)12-17/h8,11,13H,3-7,9-10,12H2,1-2H3. The number of aryl methyl sites for hydroxylation is 1. The highest BCUT2D eigenvalue weighted by molar-refractivity contribution is 4.93. The molecule has 0 saturated heterocycles. The normalized spacial score (nSPS) is 19.9. The second-order valence-electron chi connectivity index (χ2n) is 5.37. The Morgan fingerprint density at radius 1 is 1.06 bits per heavy atom. The molecule has 0 amide bonds. The highest BCUT2D eigenvalue weighted by atomic mass is 15.2.